The second-order valence-corrected chi connectivity index (χ2v) is 6.42. The van der Waals surface area contributed by atoms with Crippen LogP contribution in [0.1, 0.15) is 24.2 Å². The van der Waals surface area contributed by atoms with Crippen LogP contribution >= 0.6 is 0 Å². The van der Waals surface area contributed by atoms with Crippen molar-refractivity contribution < 1.29 is 31.9 Å². The Morgan fingerprint density at radius 2 is 1.94 bits per heavy atom. The lowest BCUT2D eigenvalue weighted by Crippen LogP contribution is -2.16. The molecule has 1 N–H and O–H groups in total. The molecule has 0 unspecified atom stereocenters. The van der Waals surface area contributed by atoms with Crippen LogP contribution in [0.2, 0.25) is 0 Å². The van der Waals surface area contributed by atoms with Gasteiger partial charge in [0.05, 0.1) is 23.2 Å². The molecule has 11 heteroatoms. The van der Waals surface area contributed by atoms with Crippen molar-refractivity contribution in [2.24, 2.45) is 0 Å². The lowest BCUT2D eigenvalue weighted by molar-refractivity contribution is -0.274. The Bertz CT molecular complexity index is 1260. The summed E-state index contributed by atoms with van der Waals surface area (Å²) >= 11 is 0. The van der Waals surface area contributed by atoms with E-state index in [1.165, 1.54) is 6.07 Å². The van der Waals surface area contributed by atoms with Crippen molar-refractivity contribution in [3.05, 3.63) is 42.0 Å². The summed E-state index contributed by atoms with van der Waals surface area (Å²) in [5.41, 5.74) is 2.18. The molecule has 0 radical (unpaired) electrons. The highest BCUT2D eigenvalue weighted by molar-refractivity contribution is 5.94. The number of alkyl halides is 3. The Balaban J connectivity index is 1.65. The number of nitrogens with zero attached hydrogens (tertiary/aromatic N) is 3. The smallest absolute Gasteiger partial charge is 0.462 e. The number of nitrogens with one attached hydrogen (secondary N) is 1. The number of aryl methyl sites for hydroxylation is 1. The van der Waals surface area contributed by atoms with Crippen LogP contribution in [0.25, 0.3) is 22.1 Å². The highest BCUT2D eigenvalue weighted by atomic mass is 19.4. The molecule has 2 aromatic carbocycles. The molecule has 4 rings (SSSR count). The van der Waals surface area contributed by atoms with Crippen molar-refractivity contribution >= 4 is 40.1 Å². The van der Waals surface area contributed by atoms with Gasteiger partial charge in [0.25, 0.3) is 0 Å². The first kappa shape index (κ1) is 20.5. The minimum atomic E-state index is -4.80. The fourth-order valence-electron chi connectivity index (χ4n) is 3.14. The number of halogens is 3. The van der Waals surface area contributed by atoms with Crippen molar-refractivity contribution in [3.63, 3.8) is 0 Å². The zero-order valence-corrected chi connectivity index (χ0v) is 16.5. The van der Waals surface area contributed by atoms with Gasteiger partial charge in [-0.25, -0.2) is 9.78 Å². The van der Waals surface area contributed by atoms with Gasteiger partial charge >= 0.3 is 18.3 Å². The van der Waals surface area contributed by atoms with E-state index in [4.69, 9.17) is 9.15 Å². The molecule has 0 amide bonds. The average molecular weight is 434 g/mol. The fraction of sp³-hybridized carbons (Fsp3) is 0.250. The quantitative estimate of drug-likeness (QED) is 0.426. The van der Waals surface area contributed by atoms with E-state index in [-0.39, 0.29) is 18.2 Å². The molecule has 0 atom stereocenters. The summed E-state index contributed by atoms with van der Waals surface area (Å²) in [4.78, 5) is 20.7. The molecular formula is C20H17F3N4O4. The fourth-order valence-corrected chi connectivity index (χ4v) is 3.14. The Morgan fingerprint density at radius 3 is 2.65 bits per heavy atom. The number of aromatic nitrogens is 3. The van der Waals surface area contributed by atoms with E-state index in [0.717, 1.165) is 17.6 Å². The number of hydrogen-bond acceptors (Lipinski definition) is 7. The van der Waals surface area contributed by atoms with Gasteiger partial charge in [0.2, 0.25) is 5.95 Å². The second-order valence-electron chi connectivity index (χ2n) is 6.42. The van der Waals surface area contributed by atoms with Crippen LogP contribution in [-0.4, -0.2) is 33.5 Å². The third-order valence-corrected chi connectivity index (χ3v) is 4.39. The molecule has 31 heavy (non-hydrogen) atoms. The summed E-state index contributed by atoms with van der Waals surface area (Å²) in [7, 11) is 0. The van der Waals surface area contributed by atoms with Crippen molar-refractivity contribution in [2.45, 2.75) is 26.8 Å². The van der Waals surface area contributed by atoms with Crippen LogP contribution in [-0.2, 0) is 11.3 Å². The van der Waals surface area contributed by atoms with Crippen LogP contribution in [0.3, 0.4) is 0 Å². The highest BCUT2D eigenvalue weighted by Gasteiger charge is 2.31. The van der Waals surface area contributed by atoms with Crippen LogP contribution in [0.15, 0.2) is 40.8 Å². The van der Waals surface area contributed by atoms with Crippen LogP contribution in [0.5, 0.6) is 5.75 Å². The second kappa shape index (κ2) is 7.82. The third-order valence-electron chi connectivity index (χ3n) is 4.39. The van der Waals surface area contributed by atoms with E-state index in [1.807, 2.05) is 11.5 Å². The number of fused-ring (bicyclic) bond motifs is 2. The summed E-state index contributed by atoms with van der Waals surface area (Å²) in [5.74, 6) is -0.451. The van der Waals surface area contributed by atoms with Crippen LogP contribution in [0, 0.1) is 0 Å². The van der Waals surface area contributed by atoms with E-state index in [0.29, 0.717) is 29.1 Å². The maximum Gasteiger partial charge on any atom is 0.573 e. The summed E-state index contributed by atoms with van der Waals surface area (Å²) in [6.45, 7) is 4.46. The number of esters is 1. The number of anilines is 2. The number of imidazole rings is 1. The average Bonchev–Trinajstić information content (AvgIpc) is 3.25. The van der Waals surface area contributed by atoms with Crippen LogP contribution < -0.4 is 10.1 Å². The third kappa shape index (κ3) is 4.25. The normalized spacial score (nSPS) is 11.8. The predicted molar refractivity (Wildman–Crippen MR) is 105 cm³/mol. The topological polar surface area (TPSA) is 91.4 Å². The molecule has 0 saturated carbocycles. The lowest BCUT2D eigenvalue weighted by Gasteiger charge is -2.07. The molecule has 8 nitrogen and oxygen atoms in total. The Labute approximate surface area is 173 Å². The first-order chi connectivity index (χ1) is 14.8. The number of benzene rings is 2. The van der Waals surface area contributed by atoms with Gasteiger partial charge in [0.15, 0.2) is 5.58 Å². The summed E-state index contributed by atoms with van der Waals surface area (Å²) < 4.78 is 53.5. The summed E-state index contributed by atoms with van der Waals surface area (Å²) in [5, 5.41) is 2.94. The Hall–Kier alpha value is -3.76. The minimum absolute atomic E-state index is 0.0507. The maximum atomic E-state index is 12.4. The van der Waals surface area contributed by atoms with Gasteiger partial charge in [-0.2, -0.15) is 4.98 Å². The molecule has 2 heterocycles. The zero-order valence-electron chi connectivity index (χ0n) is 16.5. The van der Waals surface area contributed by atoms with Gasteiger partial charge in [-0.1, -0.05) is 0 Å². The molecule has 0 bridgehead atoms. The lowest BCUT2D eigenvalue weighted by atomic mass is 10.2. The number of carbonyl (C=O) groups excluding carboxylic acids is 1. The first-order valence-electron chi connectivity index (χ1n) is 9.38. The van der Waals surface area contributed by atoms with E-state index in [1.54, 1.807) is 25.1 Å². The Morgan fingerprint density at radius 1 is 1.13 bits per heavy atom. The Kier molecular flexibility index (Phi) is 5.17. The standard InChI is InChI=1S/C20H17F3N4O4/c1-3-27-15-8-5-11(17(28)29-4-2)9-14(15)24-18(27)26-19-25-13-7-6-12(10-16(13)30-19)31-20(21,22)23/h5-10H,3-4H2,1-2H3,(H,24,25,26). The van der Waals surface area contributed by atoms with Gasteiger partial charge in [0.1, 0.15) is 11.3 Å². The molecule has 0 saturated heterocycles. The van der Waals surface area contributed by atoms with E-state index < -0.39 is 18.1 Å². The number of rotatable bonds is 6. The van der Waals surface area contributed by atoms with Gasteiger partial charge < -0.3 is 18.5 Å². The number of ether oxygens (including phenoxy) is 2. The molecule has 0 aliphatic carbocycles. The SMILES string of the molecule is CCOC(=O)c1ccc2c(c1)nc(Nc1nc3ccc(OC(F)(F)F)cc3o1)n2CC. The van der Waals surface area contributed by atoms with Gasteiger partial charge in [-0.15, -0.1) is 13.2 Å². The van der Waals surface area contributed by atoms with Crippen molar-refractivity contribution in [1.29, 1.82) is 0 Å². The molecule has 0 aliphatic heterocycles. The molecule has 4 aromatic rings. The predicted octanol–water partition coefficient (Wildman–Crippen LogP) is 5.02. The van der Waals surface area contributed by atoms with E-state index in [2.05, 4.69) is 20.0 Å². The number of hydrogen-bond donors (Lipinski definition) is 1. The molecular weight excluding hydrogens is 417 g/mol. The number of oxazole rings is 1. The molecule has 0 fully saturated rings. The van der Waals surface area contributed by atoms with Gasteiger partial charge in [0, 0.05) is 12.6 Å². The van der Waals surface area contributed by atoms with Crippen LogP contribution in [0.4, 0.5) is 25.1 Å². The number of carbonyl (C=O) groups is 1. The largest absolute Gasteiger partial charge is 0.573 e. The molecule has 0 aliphatic rings. The highest BCUT2D eigenvalue weighted by Crippen LogP contribution is 2.30. The first-order valence-corrected chi connectivity index (χ1v) is 9.38. The monoisotopic (exact) mass is 434 g/mol. The molecule has 2 aromatic heterocycles. The van der Waals surface area contributed by atoms with Crippen molar-refractivity contribution in [3.8, 4) is 5.75 Å². The van der Waals surface area contributed by atoms with Crippen molar-refractivity contribution in [1.82, 2.24) is 14.5 Å². The van der Waals surface area contributed by atoms with Gasteiger partial charge in [-0.3, -0.25) is 5.32 Å². The zero-order chi connectivity index (χ0) is 22.2. The summed E-state index contributed by atoms with van der Waals surface area (Å²) in [6, 6.07) is 8.71. The van der Waals surface area contributed by atoms with Gasteiger partial charge in [-0.05, 0) is 44.2 Å². The van der Waals surface area contributed by atoms with Crippen molar-refractivity contribution in [2.75, 3.05) is 11.9 Å². The molecule has 162 valence electrons. The maximum absolute atomic E-state index is 12.4. The van der Waals surface area contributed by atoms with E-state index in [9.17, 15) is 18.0 Å². The molecule has 0 spiro atoms. The summed E-state index contributed by atoms with van der Waals surface area (Å²) in [6.07, 6.45) is -4.80. The minimum Gasteiger partial charge on any atom is -0.462 e. The van der Waals surface area contributed by atoms with E-state index >= 15 is 0 Å².